The molecule has 1 aromatic rings. The van der Waals surface area contributed by atoms with Crippen molar-refractivity contribution in [3.05, 3.63) is 35.9 Å². The zero-order valence-electron chi connectivity index (χ0n) is 13.9. The van der Waals surface area contributed by atoms with E-state index in [0.717, 1.165) is 52.0 Å². The molecule has 1 amide bonds. The van der Waals surface area contributed by atoms with Crippen molar-refractivity contribution in [1.29, 1.82) is 0 Å². The molecule has 4 nitrogen and oxygen atoms in total. The lowest BCUT2D eigenvalue weighted by molar-refractivity contribution is -0.136. The van der Waals surface area contributed by atoms with Crippen LogP contribution in [0.1, 0.15) is 24.8 Å². The van der Waals surface area contributed by atoms with Crippen LogP contribution in [0.5, 0.6) is 0 Å². The fraction of sp³-hybridized carbons (Fsp3) is 0.611. The number of likely N-dealkylation sites (N-methyl/N-ethyl adjacent to an activating group) is 1. The number of hydrogen-bond acceptors (Lipinski definition) is 3. The number of halogens is 1. The van der Waals surface area contributed by atoms with Gasteiger partial charge in [-0.1, -0.05) is 30.3 Å². The second-order valence-corrected chi connectivity index (χ2v) is 6.64. The number of rotatable bonds is 4. The van der Waals surface area contributed by atoms with E-state index in [-0.39, 0.29) is 18.3 Å². The Bertz CT molecular complexity index is 490. The number of nitrogens with zero attached hydrogens (tertiary/aromatic N) is 2. The van der Waals surface area contributed by atoms with Crippen LogP contribution in [-0.2, 0) is 11.3 Å². The molecule has 1 atom stereocenters. The maximum absolute atomic E-state index is 12.6. The predicted molar refractivity (Wildman–Crippen MR) is 95.7 cm³/mol. The van der Waals surface area contributed by atoms with E-state index >= 15 is 0 Å². The average molecular weight is 338 g/mol. The summed E-state index contributed by atoms with van der Waals surface area (Å²) < 4.78 is 0. The van der Waals surface area contributed by atoms with E-state index in [2.05, 4.69) is 40.5 Å². The summed E-state index contributed by atoms with van der Waals surface area (Å²) in [7, 11) is 2.00. The molecule has 0 radical (unpaired) electrons. The van der Waals surface area contributed by atoms with Crippen molar-refractivity contribution in [2.45, 2.75) is 31.8 Å². The summed E-state index contributed by atoms with van der Waals surface area (Å²) in [4.78, 5) is 17.1. The largest absolute Gasteiger partial charge is 0.341 e. The van der Waals surface area contributed by atoms with Crippen LogP contribution in [0.4, 0.5) is 0 Å². The highest BCUT2D eigenvalue weighted by molar-refractivity contribution is 5.85. The van der Waals surface area contributed by atoms with E-state index in [1.165, 1.54) is 5.56 Å². The van der Waals surface area contributed by atoms with E-state index in [1.54, 1.807) is 0 Å². The second-order valence-electron chi connectivity index (χ2n) is 6.64. The number of nitrogens with one attached hydrogen (secondary N) is 1. The Morgan fingerprint density at radius 3 is 2.61 bits per heavy atom. The molecule has 0 aromatic heterocycles. The first-order chi connectivity index (χ1) is 10.7. The topological polar surface area (TPSA) is 35.6 Å². The molecule has 1 N–H and O–H groups in total. The monoisotopic (exact) mass is 337 g/mol. The van der Waals surface area contributed by atoms with Crippen LogP contribution >= 0.6 is 12.4 Å². The fourth-order valence-electron chi connectivity index (χ4n) is 3.65. The first-order valence-corrected chi connectivity index (χ1v) is 8.47. The molecule has 2 heterocycles. The summed E-state index contributed by atoms with van der Waals surface area (Å²) in [6.07, 6.45) is 3.08. The Kier molecular flexibility index (Phi) is 6.88. The molecule has 2 aliphatic heterocycles. The third kappa shape index (κ3) is 4.69. The lowest BCUT2D eigenvalue weighted by Gasteiger charge is -2.31. The van der Waals surface area contributed by atoms with Crippen LogP contribution in [0.15, 0.2) is 30.3 Å². The van der Waals surface area contributed by atoms with Gasteiger partial charge in [0.05, 0.1) is 0 Å². The number of amides is 1. The molecule has 0 spiro atoms. The number of likely N-dealkylation sites (tertiary alicyclic amines) is 1. The van der Waals surface area contributed by atoms with E-state index < -0.39 is 0 Å². The van der Waals surface area contributed by atoms with Gasteiger partial charge in [0.15, 0.2) is 0 Å². The lowest BCUT2D eigenvalue weighted by atomic mass is 9.96. The smallest absolute Gasteiger partial charge is 0.225 e. The molecule has 5 heteroatoms. The number of carbonyl (C=O) groups is 1. The van der Waals surface area contributed by atoms with Crippen LogP contribution in [-0.4, -0.2) is 55.0 Å². The molecule has 2 fully saturated rings. The van der Waals surface area contributed by atoms with Gasteiger partial charge in [-0.2, -0.15) is 0 Å². The molecule has 128 valence electrons. The lowest BCUT2D eigenvalue weighted by Crippen LogP contribution is -2.44. The number of hydrogen-bond donors (Lipinski definition) is 1. The van der Waals surface area contributed by atoms with Crippen LogP contribution in [0.3, 0.4) is 0 Å². The minimum absolute atomic E-state index is 0. The molecule has 0 bridgehead atoms. The van der Waals surface area contributed by atoms with E-state index in [0.29, 0.717) is 11.9 Å². The zero-order valence-corrected chi connectivity index (χ0v) is 14.7. The molecular formula is C18H28ClN3O. The van der Waals surface area contributed by atoms with Crippen molar-refractivity contribution in [3.8, 4) is 0 Å². The Morgan fingerprint density at radius 2 is 1.91 bits per heavy atom. The standard InChI is InChI=1S/C18H27N3O.ClH/c1-20(18(22)16-7-10-19-11-8-16)17-9-12-21(14-17)13-15-5-3-2-4-6-15;/h2-6,16-17,19H,7-14H2,1H3;1H. The maximum atomic E-state index is 12.6. The number of piperidine rings is 1. The van der Waals surface area contributed by atoms with Crippen LogP contribution < -0.4 is 5.32 Å². The van der Waals surface area contributed by atoms with Crippen LogP contribution in [0.2, 0.25) is 0 Å². The summed E-state index contributed by atoms with van der Waals surface area (Å²) in [6.45, 7) is 5.04. The maximum Gasteiger partial charge on any atom is 0.225 e. The van der Waals surface area contributed by atoms with E-state index in [1.807, 2.05) is 11.9 Å². The normalized spacial score (nSPS) is 22.6. The summed E-state index contributed by atoms with van der Waals surface area (Å²) in [5, 5.41) is 3.33. The van der Waals surface area contributed by atoms with Gasteiger partial charge < -0.3 is 10.2 Å². The number of benzene rings is 1. The molecule has 0 saturated carbocycles. The summed E-state index contributed by atoms with van der Waals surface area (Å²) in [5.74, 6) is 0.586. The van der Waals surface area contributed by atoms with Gasteiger partial charge in [-0.15, -0.1) is 12.4 Å². The number of carbonyl (C=O) groups excluding carboxylic acids is 1. The highest BCUT2D eigenvalue weighted by Crippen LogP contribution is 2.21. The van der Waals surface area contributed by atoms with Crippen molar-refractivity contribution in [3.63, 3.8) is 0 Å². The van der Waals surface area contributed by atoms with Crippen molar-refractivity contribution < 1.29 is 4.79 Å². The second kappa shape index (κ2) is 8.67. The average Bonchev–Trinajstić information content (AvgIpc) is 3.04. The zero-order chi connectivity index (χ0) is 15.4. The molecule has 2 aliphatic rings. The Hall–Kier alpha value is -1.10. The van der Waals surface area contributed by atoms with E-state index in [4.69, 9.17) is 0 Å². The van der Waals surface area contributed by atoms with Crippen molar-refractivity contribution in [2.24, 2.45) is 5.92 Å². The van der Waals surface area contributed by atoms with Gasteiger partial charge in [-0.25, -0.2) is 0 Å². The van der Waals surface area contributed by atoms with Crippen molar-refractivity contribution in [2.75, 3.05) is 33.2 Å². The third-order valence-electron chi connectivity index (χ3n) is 5.08. The van der Waals surface area contributed by atoms with Crippen LogP contribution in [0.25, 0.3) is 0 Å². The van der Waals surface area contributed by atoms with Crippen molar-refractivity contribution >= 4 is 18.3 Å². The summed E-state index contributed by atoms with van der Waals surface area (Å²) in [5.41, 5.74) is 1.36. The minimum atomic E-state index is 0. The summed E-state index contributed by atoms with van der Waals surface area (Å²) >= 11 is 0. The Labute approximate surface area is 145 Å². The van der Waals surface area contributed by atoms with Crippen molar-refractivity contribution in [1.82, 2.24) is 15.1 Å². The van der Waals surface area contributed by atoms with Gasteiger partial charge in [0.25, 0.3) is 0 Å². The quantitative estimate of drug-likeness (QED) is 0.914. The highest BCUT2D eigenvalue weighted by atomic mass is 35.5. The first-order valence-electron chi connectivity index (χ1n) is 8.47. The first kappa shape index (κ1) is 18.2. The van der Waals surface area contributed by atoms with Gasteiger partial charge in [-0.05, 0) is 37.9 Å². The third-order valence-corrected chi connectivity index (χ3v) is 5.08. The Morgan fingerprint density at radius 1 is 1.22 bits per heavy atom. The fourth-order valence-corrected chi connectivity index (χ4v) is 3.65. The van der Waals surface area contributed by atoms with Gasteiger partial charge in [0.2, 0.25) is 5.91 Å². The van der Waals surface area contributed by atoms with Crippen LogP contribution in [0, 0.1) is 5.92 Å². The van der Waals surface area contributed by atoms with E-state index in [9.17, 15) is 4.79 Å². The van der Waals surface area contributed by atoms with Gasteiger partial charge in [-0.3, -0.25) is 9.69 Å². The molecule has 1 unspecified atom stereocenters. The SMILES string of the molecule is CN(C(=O)C1CCNCC1)C1CCN(Cc2ccccc2)C1.Cl. The van der Waals surface area contributed by atoms with Gasteiger partial charge in [0, 0.05) is 38.6 Å². The summed E-state index contributed by atoms with van der Waals surface area (Å²) in [6, 6.07) is 11.0. The molecule has 0 aliphatic carbocycles. The molecule has 1 aromatic carbocycles. The molecule has 23 heavy (non-hydrogen) atoms. The predicted octanol–water partition coefficient (Wildman–Crippen LogP) is 2.14. The Balaban J connectivity index is 0.00000192. The van der Waals surface area contributed by atoms with Gasteiger partial charge in [0.1, 0.15) is 0 Å². The molecule has 3 rings (SSSR count). The molecule has 2 saturated heterocycles. The van der Waals surface area contributed by atoms with Gasteiger partial charge >= 0.3 is 0 Å². The molecular weight excluding hydrogens is 310 g/mol. The highest BCUT2D eigenvalue weighted by Gasteiger charge is 2.32. The minimum Gasteiger partial charge on any atom is -0.341 e.